The molecule has 29 heavy (non-hydrogen) atoms. The molecule has 0 unspecified atom stereocenters. The number of aromatic carboxylic acids is 1. The summed E-state index contributed by atoms with van der Waals surface area (Å²) in [5.74, 6) is -0.947. The van der Waals surface area contributed by atoms with Crippen LogP contribution < -0.4 is 0 Å². The van der Waals surface area contributed by atoms with Crippen molar-refractivity contribution >= 4 is 11.6 Å². The highest BCUT2D eigenvalue weighted by Crippen LogP contribution is 2.39. The number of rotatable bonds is 4. The minimum Gasteiger partial charge on any atom is -0.477 e. The smallest absolute Gasteiger partial charge is 0.354 e. The minimum atomic E-state index is -1.04. The molecule has 0 spiro atoms. The van der Waals surface area contributed by atoms with Gasteiger partial charge in [0.15, 0.2) is 11.3 Å². The van der Waals surface area contributed by atoms with Gasteiger partial charge < -0.3 is 5.11 Å². The van der Waals surface area contributed by atoms with E-state index < -0.39 is 5.97 Å². The Balaban J connectivity index is 2.20. The highest BCUT2D eigenvalue weighted by Gasteiger charge is 2.24. The lowest BCUT2D eigenvalue weighted by molar-refractivity contribution is 0.0690. The topological polar surface area (TPSA) is 67.5 Å². The zero-order valence-electron chi connectivity index (χ0n) is 17.0. The maximum atomic E-state index is 11.8. The number of hydrogen-bond acceptors (Lipinski definition) is 3. The van der Waals surface area contributed by atoms with E-state index in [1.54, 1.807) is 10.6 Å². The fourth-order valence-corrected chi connectivity index (χ4v) is 3.80. The molecule has 5 nitrogen and oxygen atoms in total. The highest BCUT2D eigenvalue weighted by molar-refractivity contribution is 5.94. The van der Waals surface area contributed by atoms with Crippen molar-refractivity contribution in [2.24, 2.45) is 0 Å². The van der Waals surface area contributed by atoms with E-state index in [2.05, 4.69) is 31.0 Å². The third-order valence-corrected chi connectivity index (χ3v) is 5.21. The van der Waals surface area contributed by atoms with Crippen molar-refractivity contribution in [3.8, 4) is 22.4 Å². The van der Waals surface area contributed by atoms with Crippen LogP contribution in [0.2, 0.25) is 0 Å². The van der Waals surface area contributed by atoms with Crippen LogP contribution in [0.4, 0.5) is 0 Å². The van der Waals surface area contributed by atoms with Gasteiger partial charge in [-0.15, -0.1) is 0 Å². The molecule has 0 aliphatic rings. The molecule has 146 valence electrons. The van der Waals surface area contributed by atoms with Crippen LogP contribution in [0.5, 0.6) is 0 Å². The SMILES string of the molecule is Cc1cccc(C)c1-c1c(-c2ccccc2)nn2c(C(C)C)cc(C(=O)O)nc12. The van der Waals surface area contributed by atoms with Crippen LogP contribution in [-0.4, -0.2) is 25.7 Å². The summed E-state index contributed by atoms with van der Waals surface area (Å²) in [4.78, 5) is 16.3. The van der Waals surface area contributed by atoms with Crippen molar-refractivity contribution in [2.45, 2.75) is 33.6 Å². The number of carboxylic acid groups (broad SMARTS) is 1. The maximum absolute atomic E-state index is 11.8. The van der Waals surface area contributed by atoms with Crippen LogP contribution in [0.1, 0.15) is 47.1 Å². The molecule has 0 amide bonds. The van der Waals surface area contributed by atoms with Gasteiger partial charge in [-0.2, -0.15) is 5.10 Å². The molecule has 0 fully saturated rings. The van der Waals surface area contributed by atoms with Crippen molar-refractivity contribution in [1.82, 2.24) is 14.6 Å². The molecule has 0 radical (unpaired) electrons. The van der Waals surface area contributed by atoms with Gasteiger partial charge in [0.1, 0.15) is 5.69 Å². The first-order valence-electron chi connectivity index (χ1n) is 9.67. The molecule has 0 aliphatic carbocycles. The second-order valence-electron chi connectivity index (χ2n) is 7.62. The van der Waals surface area contributed by atoms with Crippen LogP contribution in [0, 0.1) is 13.8 Å². The van der Waals surface area contributed by atoms with Gasteiger partial charge in [-0.3, -0.25) is 0 Å². The summed E-state index contributed by atoms with van der Waals surface area (Å²) in [5, 5.41) is 14.6. The monoisotopic (exact) mass is 385 g/mol. The zero-order chi connectivity index (χ0) is 20.7. The average molecular weight is 385 g/mol. The molecule has 2 aromatic heterocycles. The predicted octanol–water partition coefficient (Wildman–Crippen LogP) is 5.50. The van der Waals surface area contributed by atoms with Crippen LogP contribution in [-0.2, 0) is 0 Å². The van der Waals surface area contributed by atoms with Crippen LogP contribution in [0.25, 0.3) is 28.0 Å². The number of aromatic nitrogens is 3. The van der Waals surface area contributed by atoms with Crippen molar-refractivity contribution in [3.05, 3.63) is 77.1 Å². The molecule has 0 bridgehead atoms. The van der Waals surface area contributed by atoms with Gasteiger partial charge in [0, 0.05) is 11.3 Å². The second-order valence-corrected chi connectivity index (χ2v) is 7.62. The Bertz CT molecular complexity index is 1200. The summed E-state index contributed by atoms with van der Waals surface area (Å²) in [7, 11) is 0. The molecule has 0 saturated heterocycles. The van der Waals surface area contributed by atoms with Crippen LogP contribution in [0.15, 0.2) is 54.6 Å². The van der Waals surface area contributed by atoms with Crippen molar-refractivity contribution in [1.29, 1.82) is 0 Å². The molecular formula is C24H23N3O2. The van der Waals surface area contributed by atoms with E-state index in [4.69, 9.17) is 5.10 Å². The maximum Gasteiger partial charge on any atom is 0.354 e. The Morgan fingerprint density at radius 2 is 1.62 bits per heavy atom. The quantitative estimate of drug-likeness (QED) is 0.503. The molecule has 0 aliphatic heterocycles. The zero-order valence-corrected chi connectivity index (χ0v) is 17.0. The number of benzene rings is 2. The number of fused-ring (bicyclic) bond motifs is 1. The fraction of sp³-hybridized carbons (Fsp3) is 0.208. The first kappa shape index (κ1) is 18.9. The Morgan fingerprint density at radius 1 is 0.966 bits per heavy atom. The summed E-state index contributed by atoms with van der Waals surface area (Å²) in [6, 6.07) is 17.7. The van der Waals surface area contributed by atoms with E-state index in [1.165, 1.54) is 0 Å². The number of hydrogen-bond donors (Lipinski definition) is 1. The Kier molecular flexibility index (Phi) is 4.66. The molecule has 5 heteroatoms. The first-order chi connectivity index (χ1) is 13.9. The lowest BCUT2D eigenvalue weighted by Gasteiger charge is -2.12. The second kappa shape index (κ2) is 7.17. The summed E-state index contributed by atoms with van der Waals surface area (Å²) in [5.41, 5.74) is 7.33. The molecule has 0 atom stereocenters. The van der Waals surface area contributed by atoms with E-state index >= 15 is 0 Å². The Labute approximate surface area is 169 Å². The Hall–Kier alpha value is -3.47. The van der Waals surface area contributed by atoms with E-state index in [0.717, 1.165) is 39.2 Å². The number of carboxylic acids is 1. The van der Waals surface area contributed by atoms with Gasteiger partial charge in [-0.1, -0.05) is 62.4 Å². The number of carbonyl (C=O) groups is 1. The van der Waals surface area contributed by atoms with E-state index in [1.807, 2.05) is 50.2 Å². The van der Waals surface area contributed by atoms with E-state index in [9.17, 15) is 9.90 Å². The van der Waals surface area contributed by atoms with Gasteiger partial charge in [-0.05, 0) is 42.5 Å². The van der Waals surface area contributed by atoms with Gasteiger partial charge in [0.05, 0.1) is 5.56 Å². The highest BCUT2D eigenvalue weighted by atomic mass is 16.4. The lowest BCUT2D eigenvalue weighted by atomic mass is 9.93. The standard InChI is InChI=1S/C24H23N3O2/c1-14(2)19-13-18(24(28)29)25-23-21(20-15(3)9-8-10-16(20)4)22(26-27(19)23)17-11-6-5-7-12-17/h5-14H,1-4H3,(H,28,29). The third-order valence-electron chi connectivity index (χ3n) is 5.21. The first-order valence-corrected chi connectivity index (χ1v) is 9.67. The summed E-state index contributed by atoms with van der Waals surface area (Å²) >= 11 is 0. The van der Waals surface area contributed by atoms with Gasteiger partial charge in [0.25, 0.3) is 0 Å². The summed E-state index contributed by atoms with van der Waals surface area (Å²) in [6.07, 6.45) is 0. The van der Waals surface area contributed by atoms with Crippen LogP contribution >= 0.6 is 0 Å². The number of nitrogens with zero attached hydrogens (tertiary/aromatic N) is 3. The average Bonchev–Trinajstić information content (AvgIpc) is 3.07. The van der Waals surface area contributed by atoms with Crippen molar-refractivity contribution in [3.63, 3.8) is 0 Å². The van der Waals surface area contributed by atoms with Gasteiger partial charge in [0.2, 0.25) is 0 Å². The fourth-order valence-electron chi connectivity index (χ4n) is 3.80. The number of aryl methyl sites for hydroxylation is 2. The Morgan fingerprint density at radius 3 is 2.21 bits per heavy atom. The molecule has 0 saturated carbocycles. The van der Waals surface area contributed by atoms with Crippen molar-refractivity contribution in [2.75, 3.05) is 0 Å². The molecule has 2 aromatic carbocycles. The largest absolute Gasteiger partial charge is 0.477 e. The molecule has 4 aromatic rings. The van der Waals surface area contributed by atoms with Crippen molar-refractivity contribution < 1.29 is 9.90 Å². The predicted molar refractivity (Wildman–Crippen MR) is 114 cm³/mol. The van der Waals surface area contributed by atoms with E-state index in [0.29, 0.717) is 5.65 Å². The van der Waals surface area contributed by atoms with Gasteiger partial charge >= 0.3 is 5.97 Å². The molecule has 1 N–H and O–H groups in total. The van der Waals surface area contributed by atoms with Crippen LogP contribution in [0.3, 0.4) is 0 Å². The minimum absolute atomic E-state index is 0.0354. The molecule has 2 heterocycles. The normalized spacial score (nSPS) is 11.3. The summed E-state index contributed by atoms with van der Waals surface area (Å²) in [6.45, 7) is 8.18. The molecular weight excluding hydrogens is 362 g/mol. The van der Waals surface area contributed by atoms with Gasteiger partial charge in [-0.25, -0.2) is 14.3 Å². The summed E-state index contributed by atoms with van der Waals surface area (Å²) < 4.78 is 1.81. The molecule has 4 rings (SSSR count). The third kappa shape index (κ3) is 3.18. The van der Waals surface area contributed by atoms with E-state index in [-0.39, 0.29) is 11.6 Å². The lowest BCUT2D eigenvalue weighted by Crippen LogP contribution is -2.09.